The van der Waals surface area contributed by atoms with E-state index in [1.165, 1.54) is 22.5 Å². The van der Waals surface area contributed by atoms with E-state index in [2.05, 4.69) is 14.9 Å². The van der Waals surface area contributed by atoms with E-state index in [1.807, 2.05) is 0 Å². The standard InChI is InChI=1S/C21H17F4N3O3S/c22-11-21(24,25)31-14-4-6-15(7-5-14)32(29,30)28-18-8-3-13(23)9-16(18)19-17(10-26-27-19)20(28)12-1-2-12/h3-10,12,20H,1-2,11H2,(H,26,27). The Labute approximate surface area is 180 Å². The number of alkyl halides is 3. The minimum atomic E-state index is -4.18. The molecule has 1 aromatic heterocycles. The van der Waals surface area contributed by atoms with Gasteiger partial charge in [0.2, 0.25) is 0 Å². The van der Waals surface area contributed by atoms with Gasteiger partial charge in [0.25, 0.3) is 10.0 Å². The number of fused-ring (bicyclic) bond motifs is 3. The van der Waals surface area contributed by atoms with Gasteiger partial charge in [-0.25, -0.2) is 17.2 Å². The van der Waals surface area contributed by atoms with Crippen LogP contribution in [0.4, 0.5) is 23.2 Å². The number of aromatic amines is 1. The number of H-pyrrole nitrogens is 1. The molecule has 1 N–H and O–H groups in total. The van der Waals surface area contributed by atoms with E-state index in [9.17, 15) is 26.0 Å². The fourth-order valence-electron chi connectivity index (χ4n) is 4.04. The number of hydrogen-bond acceptors (Lipinski definition) is 4. The topological polar surface area (TPSA) is 75.3 Å². The van der Waals surface area contributed by atoms with Crippen LogP contribution in [0.3, 0.4) is 0 Å². The number of halogens is 4. The Morgan fingerprint density at radius 3 is 2.53 bits per heavy atom. The molecule has 32 heavy (non-hydrogen) atoms. The van der Waals surface area contributed by atoms with Crippen molar-refractivity contribution in [1.29, 1.82) is 0 Å². The largest absolute Gasteiger partial charge is 0.431 e. The summed E-state index contributed by atoms with van der Waals surface area (Å²) in [6, 6.07) is 7.62. The summed E-state index contributed by atoms with van der Waals surface area (Å²) in [6.45, 7) is -2.01. The molecule has 1 fully saturated rings. The Morgan fingerprint density at radius 1 is 1.16 bits per heavy atom. The minimum Gasteiger partial charge on any atom is -0.431 e. The number of rotatable bonds is 6. The number of benzene rings is 2. The van der Waals surface area contributed by atoms with Crippen LogP contribution in [0.25, 0.3) is 11.3 Å². The second kappa shape index (κ2) is 7.22. The van der Waals surface area contributed by atoms with E-state index in [-0.39, 0.29) is 16.6 Å². The Balaban J connectivity index is 1.59. The van der Waals surface area contributed by atoms with Crippen LogP contribution in [-0.2, 0) is 10.0 Å². The zero-order chi connectivity index (χ0) is 22.7. The van der Waals surface area contributed by atoms with Crippen molar-refractivity contribution >= 4 is 15.7 Å². The number of nitrogens with zero attached hydrogens (tertiary/aromatic N) is 2. The van der Waals surface area contributed by atoms with E-state index < -0.39 is 34.7 Å². The molecule has 5 rings (SSSR count). The Morgan fingerprint density at radius 2 is 1.88 bits per heavy atom. The van der Waals surface area contributed by atoms with Crippen LogP contribution < -0.4 is 9.04 Å². The van der Waals surface area contributed by atoms with Crippen molar-refractivity contribution in [2.24, 2.45) is 5.92 Å². The molecule has 2 aliphatic rings. The summed E-state index contributed by atoms with van der Waals surface area (Å²) in [5.74, 6) is -0.837. The van der Waals surface area contributed by atoms with Gasteiger partial charge in [-0.05, 0) is 61.2 Å². The first-order chi connectivity index (χ1) is 15.2. The molecule has 0 amide bonds. The molecule has 168 valence electrons. The van der Waals surface area contributed by atoms with Gasteiger partial charge in [0, 0.05) is 11.1 Å². The van der Waals surface area contributed by atoms with Crippen LogP contribution in [0.15, 0.2) is 53.6 Å². The first-order valence-electron chi connectivity index (χ1n) is 9.82. The maximum absolute atomic E-state index is 14.0. The fraction of sp³-hybridized carbons (Fsp3) is 0.286. The first kappa shape index (κ1) is 20.8. The number of aromatic nitrogens is 2. The summed E-state index contributed by atoms with van der Waals surface area (Å²) in [6.07, 6.45) is -0.818. The maximum atomic E-state index is 14.0. The quantitative estimate of drug-likeness (QED) is 0.528. The number of sulfonamides is 1. The smallest absolute Gasteiger partial charge is 0.427 e. The molecule has 1 saturated carbocycles. The highest BCUT2D eigenvalue weighted by Gasteiger charge is 2.47. The zero-order valence-corrected chi connectivity index (χ0v) is 17.3. The van der Waals surface area contributed by atoms with Gasteiger partial charge in [-0.1, -0.05) is 0 Å². The predicted octanol–water partition coefficient (Wildman–Crippen LogP) is 4.82. The molecular formula is C21H17F4N3O3S. The van der Waals surface area contributed by atoms with Crippen molar-refractivity contribution in [3.63, 3.8) is 0 Å². The molecule has 0 radical (unpaired) electrons. The highest BCUT2D eigenvalue weighted by atomic mass is 32.2. The van der Waals surface area contributed by atoms with Crippen LogP contribution in [0.2, 0.25) is 0 Å². The SMILES string of the molecule is O=S(=O)(c1ccc(OC(F)(F)CF)cc1)N1c2ccc(F)cc2-c2[nH]ncc2C1C1CC1. The lowest BCUT2D eigenvalue weighted by Gasteiger charge is -2.37. The van der Waals surface area contributed by atoms with Gasteiger partial charge >= 0.3 is 6.11 Å². The molecule has 1 aliphatic heterocycles. The molecule has 2 aromatic carbocycles. The van der Waals surface area contributed by atoms with Crippen LogP contribution in [-0.4, -0.2) is 31.4 Å². The number of hydrogen-bond donors (Lipinski definition) is 1. The Hall–Kier alpha value is -3.08. The number of ether oxygens (including phenoxy) is 1. The van der Waals surface area contributed by atoms with Crippen molar-refractivity contribution in [3.05, 3.63) is 60.0 Å². The maximum Gasteiger partial charge on any atom is 0.427 e. The lowest BCUT2D eigenvalue weighted by Crippen LogP contribution is -2.38. The van der Waals surface area contributed by atoms with Crippen molar-refractivity contribution in [2.45, 2.75) is 29.9 Å². The van der Waals surface area contributed by atoms with Crippen LogP contribution >= 0.6 is 0 Å². The summed E-state index contributed by atoms with van der Waals surface area (Å²) >= 11 is 0. The van der Waals surface area contributed by atoms with Gasteiger partial charge in [-0.3, -0.25) is 9.40 Å². The van der Waals surface area contributed by atoms with E-state index in [4.69, 9.17) is 0 Å². The molecule has 6 nitrogen and oxygen atoms in total. The molecule has 3 aromatic rings. The van der Waals surface area contributed by atoms with Crippen molar-refractivity contribution in [3.8, 4) is 17.0 Å². The van der Waals surface area contributed by atoms with Crippen molar-refractivity contribution < 1.29 is 30.7 Å². The molecule has 0 spiro atoms. The minimum absolute atomic E-state index is 0.0604. The second-order valence-electron chi connectivity index (χ2n) is 7.79. The third kappa shape index (κ3) is 3.40. The molecule has 2 heterocycles. The highest BCUT2D eigenvalue weighted by Crippen LogP contribution is 2.54. The normalized spacial score (nSPS) is 18.2. The molecule has 1 unspecified atom stereocenters. The molecule has 0 saturated heterocycles. The lowest BCUT2D eigenvalue weighted by atomic mass is 9.93. The molecule has 11 heteroatoms. The van der Waals surface area contributed by atoms with Gasteiger partial charge in [0.15, 0.2) is 6.67 Å². The molecule has 0 bridgehead atoms. The average molecular weight is 467 g/mol. The van der Waals surface area contributed by atoms with Gasteiger partial charge in [0.05, 0.1) is 28.5 Å². The van der Waals surface area contributed by atoms with E-state index >= 15 is 0 Å². The lowest BCUT2D eigenvalue weighted by molar-refractivity contribution is -0.186. The van der Waals surface area contributed by atoms with Gasteiger partial charge < -0.3 is 4.74 Å². The highest BCUT2D eigenvalue weighted by molar-refractivity contribution is 7.92. The van der Waals surface area contributed by atoms with E-state index in [0.29, 0.717) is 22.5 Å². The summed E-state index contributed by atoms with van der Waals surface area (Å²) in [7, 11) is -4.18. The summed E-state index contributed by atoms with van der Waals surface area (Å²) in [5, 5.41) is 6.89. The third-order valence-electron chi connectivity index (χ3n) is 5.58. The zero-order valence-electron chi connectivity index (χ0n) is 16.4. The van der Waals surface area contributed by atoms with E-state index in [0.717, 1.165) is 37.1 Å². The molecule has 1 aliphatic carbocycles. The first-order valence-corrected chi connectivity index (χ1v) is 11.3. The van der Waals surface area contributed by atoms with Gasteiger partial charge in [-0.2, -0.15) is 13.9 Å². The molecular weight excluding hydrogens is 450 g/mol. The summed E-state index contributed by atoms with van der Waals surface area (Å²) in [5.41, 5.74) is 1.88. The fourth-order valence-corrected chi connectivity index (χ4v) is 5.75. The van der Waals surface area contributed by atoms with Crippen molar-refractivity contribution in [1.82, 2.24) is 10.2 Å². The Bertz CT molecular complexity index is 1270. The van der Waals surface area contributed by atoms with Crippen LogP contribution in [0, 0.1) is 11.7 Å². The number of nitrogens with one attached hydrogen (secondary N) is 1. The predicted molar refractivity (Wildman–Crippen MR) is 107 cm³/mol. The average Bonchev–Trinajstić information content (AvgIpc) is 3.48. The van der Waals surface area contributed by atoms with Crippen LogP contribution in [0.5, 0.6) is 5.75 Å². The van der Waals surface area contributed by atoms with Gasteiger partial charge in [0.1, 0.15) is 11.6 Å². The summed E-state index contributed by atoms with van der Waals surface area (Å²) in [4.78, 5) is -0.165. The second-order valence-corrected chi connectivity index (χ2v) is 9.60. The number of anilines is 1. The van der Waals surface area contributed by atoms with Gasteiger partial charge in [-0.15, -0.1) is 0 Å². The van der Waals surface area contributed by atoms with Crippen molar-refractivity contribution in [2.75, 3.05) is 11.0 Å². The molecule has 1 atom stereocenters. The monoisotopic (exact) mass is 467 g/mol. The van der Waals surface area contributed by atoms with Crippen LogP contribution in [0.1, 0.15) is 24.4 Å². The Kier molecular flexibility index (Phi) is 4.70. The van der Waals surface area contributed by atoms with E-state index in [1.54, 1.807) is 6.20 Å². The third-order valence-corrected chi connectivity index (χ3v) is 7.39. The summed E-state index contributed by atoms with van der Waals surface area (Å²) < 4.78 is 85.6.